The first-order chi connectivity index (χ1) is 9.65. The topological polar surface area (TPSA) is 26.3 Å². The summed E-state index contributed by atoms with van der Waals surface area (Å²) in [5.41, 5.74) is 3.24. The van der Waals surface area contributed by atoms with Crippen molar-refractivity contribution in [2.75, 3.05) is 0 Å². The summed E-state index contributed by atoms with van der Waals surface area (Å²) in [6.45, 7) is 2.58. The summed E-state index contributed by atoms with van der Waals surface area (Å²) in [7, 11) is 0. The first-order valence-corrected chi connectivity index (χ1v) is 6.68. The lowest BCUT2D eigenvalue weighted by molar-refractivity contribution is -0.107. The molecule has 0 N–H and O–H groups in total. The molecular weight excluding hydrogens is 272 g/mol. The van der Waals surface area contributed by atoms with Crippen molar-refractivity contribution in [1.82, 2.24) is 0 Å². The summed E-state index contributed by atoms with van der Waals surface area (Å²) < 4.78 is 5.77. The Kier molecular flexibility index (Phi) is 4.97. The molecule has 0 radical (unpaired) electrons. The van der Waals surface area contributed by atoms with Crippen LogP contribution in [0.1, 0.15) is 16.7 Å². The van der Waals surface area contributed by atoms with E-state index in [4.69, 9.17) is 16.3 Å². The smallest absolute Gasteiger partial charge is 0.245 e. The number of halogens is 1. The second-order valence-corrected chi connectivity index (χ2v) is 4.80. The van der Waals surface area contributed by atoms with Crippen molar-refractivity contribution in [3.63, 3.8) is 0 Å². The number of allylic oxidation sites excluding steroid dienone is 1. The highest BCUT2D eigenvalue weighted by atomic mass is 35.5. The Bertz CT molecular complexity index is 632. The second-order valence-electron chi connectivity index (χ2n) is 4.43. The van der Waals surface area contributed by atoms with Gasteiger partial charge in [-0.15, -0.1) is 0 Å². The number of ether oxygens (including phenoxy) is 1. The zero-order valence-corrected chi connectivity index (χ0v) is 11.9. The molecule has 2 aromatic rings. The van der Waals surface area contributed by atoms with Crippen molar-refractivity contribution in [2.45, 2.75) is 13.5 Å². The molecule has 0 saturated heterocycles. The number of carbonyl (C=O) groups is 1. The van der Waals surface area contributed by atoms with Gasteiger partial charge in [-0.25, -0.2) is 0 Å². The van der Waals surface area contributed by atoms with Gasteiger partial charge in [-0.3, -0.25) is 4.79 Å². The van der Waals surface area contributed by atoms with Gasteiger partial charge in [0.15, 0.2) is 0 Å². The minimum Gasteiger partial charge on any atom is -0.489 e. The first kappa shape index (κ1) is 14.4. The molecule has 0 spiro atoms. The van der Waals surface area contributed by atoms with E-state index >= 15 is 0 Å². The van der Waals surface area contributed by atoms with E-state index < -0.39 is 5.24 Å². The maximum absolute atomic E-state index is 10.7. The third-order valence-electron chi connectivity index (χ3n) is 2.92. The van der Waals surface area contributed by atoms with Gasteiger partial charge in [-0.05, 0) is 53.4 Å². The van der Waals surface area contributed by atoms with Gasteiger partial charge in [0.2, 0.25) is 5.24 Å². The third-order valence-corrected chi connectivity index (χ3v) is 3.05. The quantitative estimate of drug-likeness (QED) is 0.603. The molecule has 0 bridgehead atoms. The molecule has 0 aliphatic rings. The Morgan fingerprint density at radius 1 is 1.20 bits per heavy atom. The van der Waals surface area contributed by atoms with Gasteiger partial charge < -0.3 is 4.74 Å². The maximum atomic E-state index is 10.7. The van der Waals surface area contributed by atoms with Crippen LogP contribution in [0.15, 0.2) is 54.6 Å². The number of hydrogen-bond acceptors (Lipinski definition) is 2. The van der Waals surface area contributed by atoms with Crippen LogP contribution in [0, 0.1) is 6.92 Å². The molecule has 3 heteroatoms. The zero-order chi connectivity index (χ0) is 14.4. The Labute approximate surface area is 123 Å². The normalized spacial score (nSPS) is 10.7. The molecule has 2 nitrogen and oxygen atoms in total. The van der Waals surface area contributed by atoms with Crippen LogP contribution in [0.3, 0.4) is 0 Å². The molecule has 0 aliphatic heterocycles. The summed E-state index contributed by atoms with van der Waals surface area (Å²) >= 11 is 5.27. The number of aryl methyl sites for hydroxylation is 1. The van der Waals surface area contributed by atoms with Gasteiger partial charge in [0.05, 0.1) is 0 Å². The van der Waals surface area contributed by atoms with E-state index in [1.807, 2.05) is 42.5 Å². The van der Waals surface area contributed by atoms with Crippen molar-refractivity contribution in [3.8, 4) is 5.75 Å². The molecule has 0 atom stereocenters. The number of hydrogen-bond donors (Lipinski definition) is 0. The second kappa shape index (κ2) is 6.92. The van der Waals surface area contributed by atoms with Gasteiger partial charge in [0.1, 0.15) is 12.4 Å². The van der Waals surface area contributed by atoms with E-state index in [1.165, 1.54) is 11.6 Å². The number of rotatable bonds is 5. The summed E-state index contributed by atoms with van der Waals surface area (Å²) in [4.78, 5) is 10.7. The lowest BCUT2D eigenvalue weighted by Gasteiger charge is -2.09. The fraction of sp³-hybridized carbons (Fsp3) is 0.118. The van der Waals surface area contributed by atoms with Crippen LogP contribution in [0.4, 0.5) is 0 Å². The minimum atomic E-state index is -0.490. The summed E-state index contributed by atoms with van der Waals surface area (Å²) in [6.07, 6.45) is 2.98. The minimum absolute atomic E-state index is 0.490. The van der Waals surface area contributed by atoms with Gasteiger partial charge in [-0.1, -0.05) is 42.5 Å². The largest absolute Gasteiger partial charge is 0.489 e. The van der Waals surface area contributed by atoms with Crippen molar-refractivity contribution in [2.24, 2.45) is 0 Å². The van der Waals surface area contributed by atoms with E-state index in [0.717, 1.165) is 16.9 Å². The monoisotopic (exact) mass is 286 g/mol. The average Bonchev–Trinajstić information content (AvgIpc) is 2.45. The van der Waals surface area contributed by atoms with E-state index in [0.29, 0.717) is 6.61 Å². The molecule has 0 fully saturated rings. The Balaban J connectivity index is 2.05. The highest BCUT2D eigenvalue weighted by Gasteiger charge is 1.99. The summed E-state index contributed by atoms with van der Waals surface area (Å²) in [5, 5.41) is -0.490. The van der Waals surface area contributed by atoms with Crippen LogP contribution in [0.25, 0.3) is 6.08 Å². The van der Waals surface area contributed by atoms with Crippen molar-refractivity contribution in [1.29, 1.82) is 0 Å². The van der Waals surface area contributed by atoms with Crippen LogP contribution >= 0.6 is 11.6 Å². The van der Waals surface area contributed by atoms with Crippen LogP contribution in [0.2, 0.25) is 0 Å². The molecule has 2 rings (SSSR count). The van der Waals surface area contributed by atoms with Crippen LogP contribution < -0.4 is 4.74 Å². The van der Waals surface area contributed by atoms with Gasteiger partial charge >= 0.3 is 0 Å². The lowest BCUT2D eigenvalue weighted by Crippen LogP contribution is -1.97. The maximum Gasteiger partial charge on any atom is 0.245 e. The molecule has 0 amide bonds. The number of carbonyl (C=O) groups excluding carboxylic acids is 1. The lowest BCUT2D eigenvalue weighted by atomic mass is 10.1. The third kappa shape index (κ3) is 4.25. The van der Waals surface area contributed by atoms with Gasteiger partial charge in [-0.2, -0.15) is 0 Å². The van der Waals surface area contributed by atoms with E-state index in [2.05, 4.69) is 13.0 Å². The zero-order valence-electron chi connectivity index (χ0n) is 11.2. The fourth-order valence-electron chi connectivity index (χ4n) is 1.80. The molecule has 20 heavy (non-hydrogen) atoms. The van der Waals surface area contributed by atoms with E-state index in [9.17, 15) is 4.79 Å². The van der Waals surface area contributed by atoms with Gasteiger partial charge in [0, 0.05) is 0 Å². The van der Waals surface area contributed by atoms with Crippen LogP contribution in [-0.4, -0.2) is 5.24 Å². The summed E-state index contributed by atoms with van der Waals surface area (Å²) in [5.74, 6) is 0.762. The standard InChI is InChI=1S/C17H15ClO2/c1-13-5-2-3-7-15(13)12-20-16-8-4-6-14(11-16)9-10-17(18)19/h2-11H,12H2,1H3/b10-9+. The fourth-order valence-corrected chi connectivity index (χ4v) is 1.87. The van der Waals surface area contributed by atoms with Crippen molar-refractivity contribution >= 4 is 22.9 Å². The van der Waals surface area contributed by atoms with Crippen LogP contribution in [-0.2, 0) is 11.4 Å². The SMILES string of the molecule is Cc1ccccc1COc1cccc(/C=C/C(=O)Cl)c1. The molecule has 0 heterocycles. The molecule has 102 valence electrons. The predicted molar refractivity (Wildman–Crippen MR) is 81.8 cm³/mol. The van der Waals surface area contributed by atoms with Crippen molar-refractivity contribution < 1.29 is 9.53 Å². The number of benzene rings is 2. The highest BCUT2D eigenvalue weighted by molar-refractivity contribution is 6.66. The van der Waals surface area contributed by atoms with Gasteiger partial charge in [0.25, 0.3) is 0 Å². The molecule has 0 aromatic heterocycles. The van der Waals surface area contributed by atoms with Crippen LogP contribution in [0.5, 0.6) is 5.75 Å². The Morgan fingerprint density at radius 2 is 2.00 bits per heavy atom. The Morgan fingerprint density at radius 3 is 2.75 bits per heavy atom. The molecule has 0 saturated carbocycles. The Hall–Kier alpha value is -2.06. The van der Waals surface area contributed by atoms with E-state index in [-0.39, 0.29) is 0 Å². The molecule has 0 unspecified atom stereocenters. The highest BCUT2D eigenvalue weighted by Crippen LogP contribution is 2.17. The summed E-state index contributed by atoms with van der Waals surface area (Å²) in [6, 6.07) is 15.6. The van der Waals surface area contributed by atoms with E-state index in [1.54, 1.807) is 6.08 Å². The predicted octanol–water partition coefficient (Wildman–Crippen LogP) is 4.35. The average molecular weight is 287 g/mol. The molecular formula is C17H15ClO2. The first-order valence-electron chi connectivity index (χ1n) is 6.30. The van der Waals surface area contributed by atoms with Crippen molar-refractivity contribution in [3.05, 3.63) is 71.3 Å². The molecule has 2 aromatic carbocycles. The molecule has 0 aliphatic carbocycles.